The number of anilines is 1. The van der Waals surface area contributed by atoms with Gasteiger partial charge in [-0.15, -0.1) is 0 Å². The molecule has 0 radical (unpaired) electrons. The predicted molar refractivity (Wildman–Crippen MR) is 133 cm³/mol. The molecule has 30 heavy (non-hydrogen) atoms. The van der Waals surface area contributed by atoms with Crippen LogP contribution in [0.2, 0.25) is 0 Å². The van der Waals surface area contributed by atoms with Gasteiger partial charge in [-0.2, -0.15) is 0 Å². The number of rotatable bonds is 1. The summed E-state index contributed by atoms with van der Waals surface area (Å²) in [6, 6.07) is 25.6. The maximum atomic E-state index is 4.89. The van der Waals surface area contributed by atoms with Crippen molar-refractivity contribution in [3.63, 3.8) is 0 Å². The van der Waals surface area contributed by atoms with Crippen LogP contribution in [0.15, 0.2) is 82.6 Å². The van der Waals surface area contributed by atoms with Crippen molar-refractivity contribution in [2.45, 2.75) is 19.4 Å². The molecular formula is C26H20N2S2. The van der Waals surface area contributed by atoms with Gasteiger partial charge in [0, 0.05) is 37.4 Å². The van der Waals surface area contributed by atoms with E-state index in [-0.39, 0.29) is 5.54 Å². The summed E-state index contributed by atoms with van der Waals surface area (Å²) in [5.74, 6) is 0. The number of hydrogen-bond donors (Lipinski definition) is 1. The van der Waals surface area contributed by atoms with Crippen LogP contribution in [0.3, 0.4) is 0 Å². The van der Waals surface area contributed by atoms with Crippen LogP contribution in [0, 0.1) is 0 Å². The number of nitrogens with zero attached hydrogens (tertiary/aromatic N) is 1. The van der Waals surface area contributed by atoms with E-state index in [1.165, 1.54) is 43.0 Å². The highest BCUT2D eigenvalue weighted by Gasteiger charge is 2.38. The number of fused-ring (bicyclic) bond motifs is 4. The van der Waals surface area contributed by atoms with Crippen LogP contribution in [0.5, 0.6) is 0 Å². The highest BCUT2D eigenvalue weighted by molar-refractivity contribution is 8.80. The second kappa shape index (κ2) is 6.66. The molecule has 0 amide bonds. The number of para-hydroxylation sites is 3. The molecule has 0 fully saturated rings. The SMILES string of the molecule is CC1(C)Nc2ccccc2C2=C1SSC2=Cc1c2ccccc2nc2ccccc12. The van der Waals surface area contributed by atoms with Crippen molar-refractivity contribution < 1.29 is 0 Å². The molecule has 6 rings (SSSR count). The predicted octanol–water partition coefficient (Wildman–Crippen LogP) is 7.74. The van der Waals surface area contributed by atoms with Gasteiger partial charge >= 0.3 is 0 Å². The van der Waals surface area contributed by atoms with Gasteiger partial charge in [0.15, 0.2) is 0 Å². The Morgan fingerprint density at radius 3 is 2.17 bits per heavy atom. The van der Waals surface area contributed by atoms with Crippen LogP contribution < -0.4 is 5.32 Å². The Labute approximate surface area is 183 Å². The molecule has 0 atom stereocenters. The minimum Gasteiger partial charge on any atom is -0.375 e. The van der Waals surface area contributed by atoms with E-state index in [0.29, 0.717) is 0 Å². The van der Waals surface area contributed by atoms with E-state index in [4.69, 9.17) is 4.98 Å². The van der Waals surface area contributed by atoms with Crippen molar-refractivity contribution in [3.8, 4) is 0 Å². The number of benzene rings is 3. The van der Waals surface area contributed by atoms with Crippen LogP contribution in [-0.2, 0) is 0 Å². The lowest BCUT2D eigenvalue weighted by Crippen LogP contribution is -2.35. The van der Waals surface area contributed by atoms with Gasteiger partial charge in [-0.3, -0.25) is 0 Å². The number of aromatic nitrogens is 1. The molecule has 0 unspecified atom stereocenters. The molecule has 146 valence electrons. The average molecular weight is 425 g/mol. The standard InChI is InChI=1S/C26H20N2S2/c1-26(2)25-24(18-11-5-8-14-22(18)28-26)23(29-30-25)15-19-16-9-3-6-12-20(16)27-21-13-7-4-10-17(19)21/h3-15,28H,1-2H3. The van der Waals surface area contributed by atoms with Crippen LogP contribution in [-0.4, -0.2) is 10.5 Å². The zero-order valence-electron chi connectivity index (χ0n) is 16.8. The lowest BCUT2D eigenvalue weighted by atomic mass is 9.89. The van der Waals surface area contributed by atoms with Gasteiger partial charge in [-0.1, -0.05) is 76.2 Å². The van der Waals surface area contributed by atoms with E-state index in [1.807, 2.05) is 21.6 Å². The third kappa shape index (κ3) is 2.71. The highest BCUT2D eigenvalue weighted by Crippen LogP contribution is 2.60. The molecule has 2 aliphatic rings. The largest absolute Gasteiger partial charge is 0.375 e. The van der Waals surface area contributed by atoms with E-state index in [2.05, 4.69) is 98.0 Å². The highest BCUT2D eigenvalue weighted by atomic mass is 33.1. The normalized spacial score (nSPS) is 18.5. The minimum absolute atomic E-state index is 0.0840. The Bertz CT molecular complexity index is 1340. The van der Waals surface area contributed by atoms with Crippen molar-refractivity contribution in [2.75, 3.05) is 5.32 Å². The molecule has 4 heteroatoms. The Morgan fingerprint density at radius 1 is 0.800 bits per heavy atom. The topological polar surface area (TPSA) is 24.9 Å². The quantitative estimate of drug-likeness (QED) is 0.249. The second-order valence-electron chi connectivity index (χ2n) is 8.23. The number of pyridine rings is 1. The summed E-state index contributed by atoms with van der Waals surface area (Å²) in [6.45, 7) is 4.54. The van der Waals surface area contributed by atoms with E-state index >= 15 is 0 Å². The maximum Gasteiger partial charge on any atom is 0.0715 e. The lowest BCUT2D eigenvalue weighted by Gasteiger charge is -2.34. The first kappa shape index (κ1) is 18.1. The Morgan fingerprint density at radius 2 is 1.43 bits per heavy atom. The van der Waals surface area contributed by atoms with E-state index in [0.717, 1.165) is 11.0 Å². The first-order valence-corrected chi connectivity index (χ1v) is 12.2. The third-order valence-corrected chi connectivity index (χ3v) is 8.56. The molecule has 2 nitrogen and oxygen atoms in total. The van der Waals surface area contributed by atoms with E-state index in [9.17, 15) is 0 Å². The van der Waals surface area contributed by atoms with E-state index in [1.54, 1.807) is 0 Å². The molecule has 0 saturated carbocycles. The smallest absolute Gasteiger partial charge is 0.0715 e. The summed E-state index contributed by atoms with van der Waals surface area (Å²) in [4.78, 5) is 7.61. The van der Waals surface area contributed by atoms with E-state index < -0.39 is 0 Å². The Kier molecular flexibility index (Phi) is 4.02. The van der Waals surface area contributed by atoms with Crippen molar-refractivity contribution in [1.82, 2.24) is 4.98 Å². The molecule has 3 heterocycles. The van der Waals surface area contributed by atoms with Crippen LogP contribution in [0.4, 0.5) is 5.69 Å². The summed E-state index contributed by atoms with van der Waals surface area (Å²) in [6.07, 6.45) is 2.38. The van der Waals surface area contributed by atoms with Crippen molar-refractivity contribution in [2.24, 2.45) is 0 Å². The van der Waals surface area contributed by atoms with Gasteiger partial charge in [0.25, 0.3) is 0 Å². The monoisotopic (exact) mass is 424 g/mol. The van der Waals surface area contributed by atoms with Gasteiger partial charge < -0.3 is 5.32 Å². The molecule has 0 spiro atoms. The maximum absolute atomic E-state index is 4.89. The Balaban J connectivity index is 1.65. The molecule has 1 N–H and O–H groups in total. The zero-order chi connectivity index (χ0) is 20.3. The molecule has 1 aromatic heterocycles. The number of hydrogen-bond acceptors (Lipinski definition) is 4. The lowest BCUT2D eigenvalue weighted by molar-refractivity contribution is 0.698. The summed E-state index contributed by atoms with van der Waals surface area (Å²) in [5, 5.41) is 6.12. The van der Waals surface area contributed by atoms with Crippen molar-refractivity contribution in [3.05, 3.63) is 93.7 Å². The summed E-state index contributed by atoms with van der Waals surface area (Å²) in [7, 11) is 3.75. The van der Waals surface area contributed by atoms with Gasteiger partial charge in [0.05, 0.1) is 16.6 Å². The van der Waals surface area contributed by atoms with Gasteiger partial charge in [0.2, 0.25) is 0 Å². The molecular weight excluding hydrogens is 404 g/mol. The fraction of sp³-hybridized carbons (Fsp3) is 0.115. The van der Waals surface area contributed by atoms with Crippen LogP contribution in [0.25, 0.3) is 33.5 Å². The zero-order valence-corrected chi connectivity index (χ0v) is 18.4. The molecule has 0 aliphatic carbocycles. The Hall–Kier alpha value is -2.69. The molecule has 3 aromatic carbocycles. The summed E-state index contributed by atoms with van der Waals surface area (Å²) >= 11 is 0. The third-order valence-electron chi connectivity index (χ3n) is 5.80. The fourth-order valence-corrected chi connectivity index (χ4v) is 7.46. The van der Waals surface area contributed by atoms with Crippen LogP contribution in [0.1, 0.15) is 25.0 Å². The van der Waals surface area contributed by atoms with Crippen LogP contribution >= 0.6 is 21.6 Å². The van der Waals surface area contributed by atoms with Gasteiger partial charge in [-0.25, -0.2) is 4.98 Å². The number of allylic oxidation sites excluding steroid dienone is 1. The summed E-state index contributed by atoms with van der Waals surface area (Å²) < 4.78 is 0. The molecule has 4 aromatic rings. The van der Waals surface area contributed by atoms with Gasteiger partial charge in [0.1, 0.15) is 0 Å². The first-order valence-electron chi connectivity index (χ1n) is 10.1. The van der Waals surface area contributed by atoms with Gasteiger partial charge in [-0.05, 0) is 43.7 Å². The van der Waals surface area contributed by atoms with Crippen molar-refractivity contribution in [1.29, 1.82) is 0 Å². The molecule has 2 aliphatic heterocycles. The second-order valence-corrected chi connectivity index (χ2v) is 10.4. The molecule has 0 saturated heterocycles. The fourth-order valence-electron chi connectivity index (χ4n) is 4.41. The minimum atomic E-state index is -0.0840. The van der Waals surface area contributed by atoms with Crippen molar-refractivity contribution >= 4 is 60.7 Å². The summed E-state index contributed by atoms with van der Waals surface area (Å²) in [5.41, 5.74) is 7.12. The first-order chi connectivity index (χ1) is 14.6. The number of nitrogens with one attached hydrogen (secondary N) is 1. The molecule has 0 bridgehead atoms. The average Bonchev–Trinajstić information content (AvgIpc) is 3.18.